The molecule has 0 spiro atoms. The van der Waals surface area contributed by atoms with Crippen molar-refractivity contribution >= 4 is 46.8 Å². The van der Waals surface area contributed by atoms with E-state index in [-0.39, 0.29) is 43.7 Å². The minimum Gasteiger partial charge on any atom is -0.370 e. The lowest BCUT2D eigenvalue weighted by Crippen LogP contribution is -2.59. The maximum Gasteiger partial charge on any atom is 0.243 e. The number of rotatable bonds is 18. The number of hydrogen-bond donors (Lipinski definition) is 9. The van der Waals surface area contributed by atoms with E-state index in [1.54, 1.807) is 20.1 Å². The monoisotopic (exact) mass is 612 g/mol. The third-order valence-electron chi connectivity index (χ3n) is 6.99. The summed E-state index contributed by atoms with van der Waals surface area (Å²) in [5.74, 6) is -2.80. The van der Waals surface area contributed by atoms with Crippen molar-refractivity contribution in [2.45, 2.75) is 77.5 Å². The molecule has 44 heavy (non-hydrogen) atoms. The van der Waals surface area contributed by atoms with E-state index in [1.165, 1.54) is 0 Å². The number of nitrogens with one attached hydrogen (secondary N) is 7. The Morgan fingerprint density at radius 1 is 0.932 bits per heavy atom. The van der Waals surface area contributed by atoms with Crippen molar-refractivity contribution in [3.63, 3.8) is 0 Å². The zero-order valence-electron chi connectivity index (χ0n) is 25.8. The van der Waals surface area contributed by atoms with Crippen LogP contribution in [0.4, 0.5) is 0 Å². The van der Waals surface area contributed by atoms with Crippen LogP contribution in [0.2, 0.25) is 0 Å². The Balaban J connectivity index is 2.11. The molecule has 0 saturated heterocycles. The van der Waals surface area contributed by atoms with E-state index in [1.807, 2.05) is 44.3 Å². The first-order chi connectivity index (χ1) is 20.8. The second-order valence-corrected chi connectivity index (χ2v) is 11.5. The summed E-state index contributed by atoms with van der Waals surface area (Å²) in [5.41, 5.74) is 13.4. The first kappa shape index (κ1) is 35.7. The van der Waals surface area contributed by atoms with Gasteiger partial charge in [0.25, 0.3) is 0 Å². The number of H-pyrrole nitrogens is 1. The number of guanidine groups is 1. The summed E-state index contributed by atoms with van der Waals surface area (Å²) in [6.45, 7) is 7.24. The van der Waals surface area contributed by atoms with E-state index in [4.69, 9.17) is 16.9 Å². The van der Waals surface area contributed by atoms with Crippen molar-refractivity contribution in [3.8, 4) is 0 Å². The fourth-order valence-electron chi connectivity index (χ4n) is 4.71. The minimum absolute atomic E-state index is 0.0357. The first-order valence-corrected chi connectivity index (χ1v) is 14.8. The molecule has 2 aromatic rings. The Labute approximate surface area is 257 Å². The molecule has 0 aliphatic carbocycles. The average molecular weight is 613 g/mol. The summed E-state index contributed by atoms with van der Waals surface area (Å²) in [5, 5.41) is 21.4. The van der Waals surface area contributed by atoms with Gasteiger partial charge in [-0.15, -0.1) is 0 Å². The van der Waals surface area contributed by atoms with Gasteiger partial charge in [-0.3, -0.25) is 29.4 Å². The van der Waals surface area contributed by atoms with Crippen molar-refractivity contribution in [3.05, 3.63) is 36.0 Å². The number of amides is 4. The van der Waals surface area contributed by atoms with E-state index >= 15 is 0 Å². The van der Waals surface area contributed by atoms with Crippen LogP contribution in [0.25, 0.3) is 10.9 Å². The van der Waals surface area contributed by atoms with Crippen molar-refractivity contribution in [2.24, 2.45) is 23.3 Å². The molecule has 14 heteroatoms. The number of nitrogens with two attached hydrogens (primary N) is 2. The van der Waals surface area contributed by atoms with Crippen LogP contribution in [0.15, 0.2) is 30.5 Å². The molecule has 11 N–H and O–H groups in total. The van der Waals surface area contributed by atoms with Gasteiger partial charge in [0.05, 0.1) is 12.6 Å². The summed E-state index contributed by atoms with van der Waals surface area (Å²) in [6, 6.07) is 3.76. The van der Waals surface area contributed by atoms with Crippen LogP contribution < -0.4 is 38.1 Å². The summed E-state index contributed by atoms with van der Waals surface area (Å²) < 4.78 is 0. The molecule has 4 atom stereocenters. The van der Waals surface area contributed by atoms with Gasteiger partial charge >= 0.3 is 0 Å². The first-order valence-electron chi connectivity index (χ1n) is 14.8. The number of carbonyl (C=O) groups excluding carboxylic acids is 5. The van der Waals surface area contributed by atoms with E-state index in [9.17, 15) is 24.0 Å². The summed E-state index contributed by atoms with van der Waals surface area (Å²) in [6.07, 6.45) is 4.51. The maximum atomic E-state index is 13.5. The molecule has 1 aromatic carbocycles. The normalized spacial score (nSPS) is 13.9. The molecular weight excluding hydrogens is 566 g/mol. The smallest absolute Gasteiger partial charge is 0.243 e. The molecule has 1 heterocycles. The van der Waals surface area contributed by atoms with Gasteiger partial charge < -0.3 is 43.0 Å². The topological polar surface area (TPSA) is 237 Å². The van der Waals surface area contributed by atoms with E-state index < -0.39 is 47.8 Å². The third kappa shape index (κ3) is 11.3. The Morgan fingerprint density at radius 2 is 1.61 bits per heavy atom. The molecule has 0 unspecified atom stereocenters. The third-order valence-corrected chi connectivity index (χ3v) is 6.99. The highest BCUT2D eigenvalue weighted by Gasteiger charge is 2.32. The molecule has 0 fully saturated rings. The Hall–Kier alpha value is -4.46. The van der Waals surface area contributed by atoms with Crippen LogP contribution in [0.1, 0.15) is 52.5 Å². The van der Waals surface area contributed by atoms with Crippen LogP contribution in [0.3, 0.4) is 0 Å². The zero-order chi connectivity index (χ0) is 32.8. The molecule has 1 radical (unpaired) electrons. The molecule has 1 aromatic heterocycles. The Morgan fingerprint density at radius 3 is 2.25 bits per heavy atom. The fourth-order valence-corrected chi connectivity index (χ4v) is 4.71. The zero-order valence-corrected chi connectivity index (χ0v) is 25.8. The number of carbonyl (C=O) groups is 4. The van der Waals surface area contributed by atoms with Gasteiger partial charge in [-0.2, -0.15) is 0 Å². The molecule has 2 rings (SSSR count). The predicted octanol–water partition coefficient (Wildman–Crippen LogP) is -0.317. The van der Waals surface area contributed by atoms with Crippen molar-refractivity contribution in [1.82, 2.24) is 31.6 Å². The Kier molecular flexibility index (Phi) is 14.3. The Bertz CT molecular complexity index is 1290. The summed E-state index contributed by atoms with van der Waals surface area (Å²) in [7, 11) is 0. The molecule has 14 nitrogen and oxygen atoms in total. The van der Waals surface area contributed by atoms with Crippen LogP contribution >= 0.6 is 0 Å². The standard InChI is InChI=1S/C30H46N9O5/c1-17(2)14-24(38-26(41)21(31)15-19-16-36-22-9-6-5-8-20(19)22)28(43)39-25(18(3)4)29(44)37-23(27(42)34-12-13-40)10-7-11-35-30(32)33/h5-6,8-9,16-18,21,23-25,36H,7,10-12,14-15,31H2,1-4H3,(H,34,42)(H,37,44)(H,38,41)(H,39,43)(H4,32,33,35)/t21-,23-,24-,25-/m0/s1. The molecular formula is C30H46N9O5. The summed E-state index contributed by atoms with van der Waals surface area (Å²) in [4.78, 5) is 66.4. The van der Waals surface area contributed by atoms with Crippen LogP contribution in [-0.2, 0) is 30.4 Å². The number of aromatic amines is 1. The van der Waals surface area contributed by atoms with Gasteiger partial charge in [0.1, 0.15) is 18.1 Å². The second-order valence-electron chi connectivity index (χ2n) is 11.5. The SMILES string of the molecule is CC(C)C[C@H](NC(=O)[C@@H](N)Cc1c[nH]c2ccccc12)C(=O)N[C@H](C(=O)N[C@@H](CCCNC(=N)N)C(=O)NC[C]=O)C(C)C. The molecule has 0 bridgehead atoms. The fraction of sp³-hybridized carbons (Fsp3) is 0.533. The number of hydrogen-bond acceptors (Lipinski definition) is 7. The van der Waals surface area contributed by atoms with Gasteiger partial charge in [-0.1, -0.05) is 45.9 Å². The lowest BCUT2D eigenvalue weighted by molar-refractivity contribution is -0.135. The van der Waals surface area contributed by atoms with E-state index in [2.05, 4.69) is 31.6 Å². The number of para-hydroxylation sites is 1. The van der Waals surface area contributed by atoms with Crippen molar-refractivity contribution < 1.29 is 24.0 Å². The highest BCUT2D eigenvalue weighted by molar-refractivity contribution is 5.95. The number of benzene rings is 1. The number of aromatic nitrogens is 1. The largest absolute Gasteiger partial charge is 0.370 e. The highest BCUT2D eigenvalue weighted by Crippen LogP contribution is 2.19. The van der Waals surface area contributed by atoms with Gasteiger partial charge in [-0.05, 0) is 49.1 Å². The van der Waals surface area contributed by atoms with Crippen molar-refractivity contribution in [2.75, 3.05) is 13.1 Å². The van der Waals surface area contributed by atoms with Gasteiger partial charge in [-0.25, -0.2) is 0 Å². The van der Waals surface area contributed by atoms with Crippen LogP contribution in [0.5, 0.6) is 0 Å². The van der Waals surface area contributed by atoms with Crippen LogP contribution in [-0.4, -0.2) is 78.1 Å². The van der Waals surface area contributed by atoms with Crippen LogP contribution in [0, 0.1) is 17.2 Å². The van der Waals surface area contributed by atoms with Crippen molar-refractivity contribution in [1.29, 1.82) is 5.41 Å². The maximum absolute atomic E-state index is 13.5. The summed E-state index contributed by atoms with van der Waals surface area (Å²) >= 11 is 0. The molecule has 4 amide bonds. The predicted molar refractivity (Wildman–Crippen MR) is 168 cm³/mol. The number of fused-ring (bicyclic) bond motifs is 1. The molecule has 0 saturated carbocycles. The van der Waals surface area contributed by atoms with Gasteiger partial charge in [0.15, 0.2) is 5.96 Å². The molecule has 241 valence electrons. The molecule has 0 aliphatic rings. The lowest BCUT2D eigenvalue weighted by atomic mass is 9.98. The van der Waals surface area contributed by atoms with Gasteiger partial charge in [0, 0.05) is 23.6 Å². The van der Waals surface area contributed by atoms with E-state index in [0.29, 0.717) is 12.8 Å². The molecule has 0 aliphatic heterocycles. The van der Waals surface area contributed by atoms with E-state index in [0.717, 1.165) is 16.5 Å². The quantitative estimate of drug-likeness (QED) is 0.0613. The average Bonchev–Trinajstić information content (AvgIpc) is 3.37. The highest BCUT2D eigenvalue weighted by atomic mass is 16.2. The lowest BCUT2D eigenvalue weighted by Gasteiger charge is -2.28. The van der Waals surface area contributed by atoms with Gasteiger partial charge in [0.2, 0.25) is 29.9 Å². The second kappa shape index (κ2) is 17.6. The minimum atomic E-state index is -1.03.